The van der Waals surface area contributed by atoms with Gasteiger partial charge in [0.2, 0.25) is 0 Å². The summed E-state index contributed by atoms with van der Waals surface area (Å²) in [5.74, 6) is 0.00755. The molecule has 1 aliphatic rings. The van der Waals surface area contributed by atoms with Gasteiger partial charge in [-0.2, -0.15) is 0 Å². The van der Waals surface area contributed by atoms with E-state index in [0.29, 0.717) is 17.1 Å². The van der Waals surface area contributed by atoms with Gasteiger partial charge in [0.15, 0.2) is 0 Å². The van der Waals surface area contributed by atoms with Gasteiger partial charge >= 0.3 is 0 Å². The first-order valence-electron chi connectivity index (χ1n) is 5.67. The first-order chi connectivity index (χ1) is 8.06. The van der Waals surface area contributed by atoms with Crippen molar-refractivity contribution in [3.05, 3.63) is 28.3 Å². The molecule has 0 aromatic heterocycles. The van der Waals surface area contributed by atoms with Crippen molar-refractivity contribution in [1.82, 2.24) is 4.90 Å². The number of carbonyl (C=O) groups excluding carboxylic acids is 1. The van der Waals surface area contributed by atoms with Crippen LogP contribution < -0.4 is 0 Å². The molecule has 0 atom stereocenters. The van der Waals surface area contributed by atoms with E-state index in [1.165, 1.54) is 0 Å². The van der Waals surface area contributed by atoms with E-state index in [1.54, 1.807) is 12.3 Å². The van der Waals surface area contributed by atoms with Crippen LogP contribution in [-0.4, -0.2) is 23.1 Å². The molecule has 90 valence electrons. The number of rotatable bonds is 2. The number of aliphatic imine (C=N–C) groups is 1. The predicted octanol–water partition coefficient (Wildman–Crippen LogP) is 3.43. The number of amides is 1. The molecule has 0 saturated heterocycles. The van der Waals surface area contributed by atoms with Gasteiger partial charge in [0.05, 0.1) is 16.3 Å². The standard InChI is InChI=1S/C13H15ClN2O/c1-4-15-11-6-5-10(14)12-9(11)7-16(8(2)3)13(12)17/h4-6,8H,7H2,1-3H3. The lowest BCUT2D eigenvalue weighted by atomic mass is 10.1. The molecule has 17 heavy (non-hydrogen) atoms. The Kier molecular flexibility index (Phi) is 3.20. The number of halogens is 1. The van der Waals surface area contributed by atoms with Gasteiger partial charge < -0.3 is 4.90 Å². The fourth-order valence-corrected chi connectivity index (χ4v) is 2.32. The average Bonchev–Trinajstić information content (AvgIpc) is 2.62. The average molecular weight is 251 g/mol. The van der Waals surface area contributed by atoms with Crippen molar-refractivity contribution in [3.63, 3.8) is 0 Å². The Labute approximate surface area is 106 Å². The van der Waals surface area contributed by atoms with Crippen molar-refractivity contribution in [1.29, 1.82) is 0 Å². The minimum Gasteiger partial charge on any atom is -0.332 e. The molecular formula is C13H15ClN2O. The van der Waals surface area contributed by atoms with Gasteiger partial charge in [0.25, 0.3) is 5.91 Å². The zero-order valence-electron chi connectivity index (χ0n) is 10.2. The second kappa shape index (κ2) is 4.49. The molecule has 0 bridgehead atoms. The second-order valence-electron chi connectivity index (χ2n) is 4.33. The zero-order chi connectivity index (χ0) is 12.6. The van der Waals surface area contributed by atoms with E-state index >= 15 is 0 Å². The van der Waals surface area contributed by atoms with Gasteiger partial charge in [0, 0.05) is 24.4 Å². The summed E-state index contributed by atoms with van der Waals surface area (Å²) < 4.78 is 0. The van der Waals surface area contributed by atoms with Gasteiger partial charge in [-0.25, -0.2) is 0 Å². The summed E-state index contributed by atoms with van der Waals surface area (Å²) in [6.07, 6.45) is 1.73. The van der Waals surface area contributed by atoms with Crippen LogP contribution in [-0.2, 0) is 6.54 Å². The molecule has 0 aliphatic carbocycles. The topological polar surface area (TPSA) is 32.7 Å². The van der Waals surface area contributed by atoms with Gasteiger partial charge in [-0.05, 0) is 32.9 Å². The summed E-state index contributed by atoms with van der Waals surface area (Å²) in [5.41, 5.74) is 2.39. The van der Waals surface area contributed by atoms with Crippen molar-refractivity contribution in [2.45, 2.75) is 33.4 Å². The highest BCUT2D eigenvalue weighted by atomic mass is 35.5. The molecule has 0 N–H and O–H groups in total. The molecule has 1 aliphatic heterocycles. The molecule has 3 nitrogen and oxygen atoms in total. The number of nitrogens with zero attached hydrogens (tertiary/aromatic N) is 2. The third-order valence-electron chi connectivity index (χ3n) is 2.93. The summed E-state index contributed by atoms with van der Waals surface area (Å²) in [7, 11) is 0. The maximum absolute atomic E-state index is 12.2. The highest BCUT2D eigenvalue weighted by Crippen LogP contribution is 2.36. The molecular weight excluding hydrogens is 236 g/mol. The van der Waals surface area contributed by atoms with Gasteiger partial charge in [-0.3, -0.25) is 9.79 Å². The lowest BCUT2D eigenvalue weighted by Gasteiger charge is -2.19. The van der Waals surface area contributed by atoms with E-state index in [1.807, 2.05) is 31.7 Å². The normalized spacial score (nSPS) is 15.1. The molecule has 1 aromatic carbocycles. The lowest BCUT2D eigenvalue weighted by molar-refractivity contribution is 0.0731. The molecule has 0 saturated carbocycles. The van der Waals surface area contributed by atoms with E-state index in [9.17, 15) is 4.79 Å². The number of hydrogen-bond acceptors (Lipinski definition) is 2. The van der Waals surface area contributed by atoms with Crippen LogP contribution in [0.5, 0.6) is 0 Å². The predicted molar refractivity (Wildman–Crippen MR) is 70.3 cm³/mol. The number of carbonyl (C=O) groups is 1. The van der Waals surface area contributed by atoms with Crippen molar-refractivity contribution in [2.75, 3.05) is 0 Å². The van der Waals surface area contributed by atoms with E-state index < -0.39 is 0 Å². The van der Waals surface area contributed by atoms with Crippen molar-refractivity contribution in [3.8, 4) is 0 Å². The number of benzene rings is 1. The lowest BCUT2D eigenvalue weighted by Crippen LogP contribution is -2.30. The summed E-state index contributed by atoms with van der Waals surface area (Å²) >= 11 is 6.11. The van der Waals surface area contributed by atoms with E-state index in [-0.39, 0.29) is 11.9 Å². The molecule has 1 aromatic rings. The Morgan fingerprint density at radius 2 is 2.18 bits per heavy atom. The minimum atomic E-state index is 0.00755. The zero-order valence-corrected chi connectivity index (χ0v) is 11.0. The van der Waals surface area contributed by atoms with Crippen LogP contribution in [0.3, 0.4) is 0 Å². The van der Waals surface area contributed by atoms with Crippen LogP contribution in [0.25, 0.3) is 0 Å². The number of fused-ring (bicyclic) bond motifs is 1. The molecule has 0 unspecified atom stereocenters. The Balaban J connectivity index is 2.55. The molecule has 2 rings (SSSR count). The van der Waals surface area contributed by atoms with Gasteiger partial charge in [-0.15, -0.1) is 0 Å². The Morgan fingerprint density at radius 3 is 2.76 bits per heavy atom. The van der Waals surface area contributed by atoms with Crippen LogP contribution in [0.15, 0.2) is 17.1 Å². The van der Waals surface area contributed by atoms with Gasteiger partial charge in [-0.1, -0.05) is 11.6 Å². The first kappa shape index (κ1) is 12.1. The summed E-state index contributed by atoms with van der Waals surface area (Å²) in [4.78, 5) is 18.3. The Hall–Kier alpha value is -1.35. The highest BCUT2D eigenvalue weighted by Gasteiger charge is 2.32. The minimum absolute atomic E-state index is 0.00755. The first-order valence-corrected chi connectivity index (χ1v) is 6.05. The van der Waals surface area contributed by atoms with Crippen molar-refractivity contribution < 1.29 is 4.79 Å². The second-order valence-corrected chi connectivity index (χ2v) is 4.74. The maximum atomic E-state index is 12.2. The van der Waals surface area contributed by atoms with Crippen LogP contribution in [0.4, 0.5) is 5.69 Å². The third-order valence-corrected chi connectivity index (χ3v) is 3.25. The van der Waals surface area contributed by atoms with Crippen LogP contribution in [0.2, 0.25) is 5.02 Å². The smallest absolute Gasteiger partial charge is 0.256 e. The van der Waals surface area contributed by atoms with Crippen LogP contribution >= 0.6 is 11.6 Å². The van der Waals surface area contributed by atoms with Crippen LogP contribution in [0.1, 0.15) is 36.7 Å². The molecule has 1 amide bonds. The molecule has 1 heterocycles. The fourth-order valence-electron chi connectivity index (χ4n) is 2.06. The third kappa shape index (κ3) is 1.95. The van der Waals surface area contributed by atoms with Crippen molar-refractivity contribution in [2.24, 2.45) is 4.99 Å². The molecule has 0 fully saturated rings. The molecule has 0 spiro atoms. The van der Waals surface area contributed by atoms with E-state index in [0.717, 1.165) is 11.3 Å². The quantitative estimate of drug-likeness (QED) is 0.741. The highest BCUT2D eigenvalue weighted by molar-refractivity contribution is 6.34. The van der Waals surface area contributed by atoms with Crippen molar-refractivity contribution >= 4 is 29.4 Å². The SMILES string of the molecule is CC=Nc1ccc(Cl)c2c1CN(C(C)C)C2=O. The monoisotopic (exact) mass is 250 g/mol. The number of hydrogen-bond donors (Lipinski definition) is 0. The van der Waals surface area contributed by atoms with Crippen LogP contribution in [0, 0.1) is 0 Å². The van der Waals surface area contributed by atoms with E-state index in [2.05, 4.69) is 4.99 Å². The van der Waals surface area contributed by atoms with E-state index in [4.69, 9.17) is 11.6 Å². The largest absolute Gasteiger partial charge is 0.332 e. The maximum Gasteiger partial charge on any atom is 0.256 e. The molecule has 0 radical (unpaired) electrons. The van der Waals surface area contributed by atoms with Gasteiger partial charge in [0.1, 0.15) is 0 Å². The fraction of sp³-hybridized carbons (Fsp3) is 0.385. The Bertz CT molecular complexity index is 494. The molecule has 4 heteroatoms. The summed E-state index contributed by atoms with van der Waals surface area (Å²) in [6, 6.07) is 3.77. The summed E-state index contributed by atoms with van der Waals surface area (Å²) in [6.45, 7) is 6.46. The Morgan fingerprint density at radius 1 is 1.47 bits per heavy atom. The summed E-state index contributed by atoms with van der Waals surface area (Å²) in [5, 5.41) is 0.517.